The Balaban J connectivity index is 1.71. The molecule has 3 atom stereocenters. The summed E-state index contributed by atoms with van der Waals surface area (Å²) in [7, 11) is 1.95. The molecule has 0 spiro atoms. The first kappa shape index (κ1) is 13.8. The summed E-state index contributed by atoms with van der Waals surface area (Å²) in [5, 5.41) is 4.25. The largest absolute Gasteiger partial charge is 0.374 e. The molecular weight excluding hydrogens is 254 g/mol. The van der Waals surface area contributed by atoms with Crippen molar-refractivity contribution in [3.8, 4) is 0 Å². The van der Waals surface area contributed by atoms with Crippen molar-refractivity contribution in [2.75, 3.05) is 19.8 Å². The van der Waals surface area contributed by atoms with Gasteiger partial charge in [0.1, 0.15) is 0 Å². The summed E-state index contributed by atoms with van der Waals surface area (Å²) in [4.78, 5) is 2.48. The standard InChI is InChI=1S/C15H23N3O2/c1-3-7-20-15-13-4-5-14(15)19-8-6-18(13)11-12-9-16-17(2)10-12/h3,9-10,13-15H,1,4-8,11H2,2H3. The highest BCUT2D eigenvalue weighted by Gasteiger charge is 2.42. The van der Waals surface area contributed by atoms with Crippen molar-refractivity contribution in [2.24, 2.45) is 7.05 Å². The Labute approximate surface area is 120 Å². The van der Waals surface area contributed by atoms with E-state index in [1.54, 1.807) is 0 Å². The van der Waals surface area contributed by atoms with Gasteiger partial charge in [0.05, 0.1) is 31.6 Å². The van der Waals surface area contributed by atoms with Gasteiger partial charge in [0.2, 0.25) is 0 Å². The van der Waals surface area contributed by atoms with Crippen molar-refractivity contribution in [2.45, 2.75) is 37.6 Å². The Bertz CT molecular complexity index is 460. The fraction of sp³-hybridized carbons (Fsp3) is 0.667. The van der Waals surface area contributed by atoms with Gasteiger partial charge < -0.3 is 9.47 Å². The van der Waals surface area contributed by atoms with Gasteiger partial charge in [0, 0.05) is 37.9 Å². The van der Waals surface area contributed by atoms with E-state index in [9.17, 15) is 0 Å². The average molecular weight is 277 g/mol. The molecule has 1 saturated carbocycles. The first-order chi connectivity index (χ1) is 9.78. The fourth-order valence-corrected chi connectivity index (χ4v) is 3.35. The van der Waals surface area contributed by atoms with E-state index in [2.05, 4.69) is 22.8 Å². The van der Waals surface area contributed by atoms with E-state index < -0.39 is 0 Å². The maximum Gasteiger partial charge on any atom is 0.0995 e. The van der Waals surface area contributed by atoms with E-state index >= 15 is 0 Å². The molecule has 20 heavy (non-hydrogen) atoms. The highest BCUT2D eigenvalue weighted by Crippen LogP contribution is 2.32. The zero-order chi connectivity index (χ0) is 13.9. The topological polar surface area (TPSA) is 39.5 Å². The van der Waals surface area contributed by atoms with E-state index in [4.69, 9.17) is 9.47 Å². The van der Waals surface area contributed by atoms with Crippen molar-refractivity contribution >= 4 is 0 Å². The number of hydrogen-bond donors (Lipinski definition) is 0. The highest BCUT2D eigenvalue weighted by atomic mass is 16.5. The van der Waals surface area contributed by atoms with Crippen LogP contribution >= 0.6 is 0 Å². The number of ether oxygens (including phenoxy) is 2. The van der Waals surface area contributed by atoms with Crippen LogP contribution in [0.4, 0.5) is 0 Å². The maximum atomic E-state index is 5.97. The third kappa shape index (κ3) is 2.80. The number of rotatable bonds is 5. The smallest absolute Gasteiger partial charge is 0.0995 e. The molecule has 1 aliphatic carbocycles. The molecule has 0 aromatic carbocycles. The van der Waals surface area contributed by atoms with Gasteiger partial charge in [0.25, 0.3) is 0 Å². The first-order valence-corrected chi connectivity index (χ1v) is 7.33. The Morgan fingerprint density at radius 3 is 3.20 bits per heavy atom. The van der Waals surface area contributed by atoms with Crippen LogP contribution in [-0.4, -0.2) is 52.7 Å². The van der Waals surface area contributed by atoms with Crippen LogP contribution in [0.1, 0.15) is 18.4 Å². The molecule has 2 heterocycles. The van der Waals surface area contributed by atoms with Gasteiger partial charge in [-0.2, -0.15) is 5.10 Å². The van der Waals surface area contributed by atoms with E-state index in [0.717, 1.165) is 32.5 Å². The molecule has 2 aliphatic rings. The third-order valence-electron chi connectivity index (χ3n) is 4.22. The van der Waals surface area contributed by atoms with Crippen LogP contribution in [-0.2, 0) is 23.1 Å². The molecule has 2 fully saturated rings. The quantitative estimate of drug-likeness (QED) is 0.762. The second kappa shape index (κ2) is 6.08. The summed E-state index contributed by atoms with van der Waals surface area (Å²) >= 11 is 0. The summed E-state index contributed by atoms with van der Waals surface area (Å²) in [5.41, 5.74) is 1.25. The van der Waals surface area contributed by atoms with E-state index in [1.165, 1.54) is 5.56 Å². The Morgan fingerprint density at radius 2 is 2.45 bits per heavy atom. The average Bonchev–Trinajstić information content (AvgIpc) is 2.95. The molecule has 1 saturated heterocycles. The minimum absolute atomic E-state index is 0.173. The zero-order valence-corrected chi connectivity index (χ0v) is 12.1. The minimum atomic E-state index is 0.173. The van der Waals surface area contributed by atoms with Gasteiger partial charge in [-0.05, 0) is 12.8 Å². The van der Waals surface area contributed by atoms with Crippen molar-refractivity contribution in [1.82, 2.24) is 14.7 Å². The van der Waals surface area contributed by atoms with Crippen LogP contribution in [0.3, 0.4) is 0 Å². The molecule has 3 unspecified atom stereocenters. The van der Waals surface area contributed by atoms with Crippen LogP contribution in [0.15, 0.2) is 25.0 Å². The molecule has 110 valence electrons. The second-order valence-electron chi connectivity index (χ2n) is 5.63. The van der Waals surface area contributed by atoms with E-state index in [-0.39, 0.29) is 12.2 Å². The van der Waals surface area contributed by atoms with Crippen molar-refractivity contribution in [1.29, 1.82) is 0 Å². The van der Waals surface area contributed by atoms with Crippen LogP contribution < -0.4 is 0 Å². The molecule has 0 N–H and O–H groups in total. The van der Waals surface area contributed by atoms with Gasteiger partial charge in [-0.1, -0.05) is 6.08 Å². The molecule has 2 bridgehead atoms. The van der Waals surface area contributed by atoms with E-state index in [0.29, 0.717) is 12.6 Å². The molecular formula is C15H23N3O2. The number of aromatic nitrogens is 2. The van der Waals surface area contributed by atoms with Crippen LogP contribution in [0.5, 0.6) is 0 Å². The van der Waals surface area contributed by atoms with Crippen LogP contribution in [0.2, 0.25) is 0 Å². The third-order valence-corrected chi connectivity index (χ3v) is 4.22. The van der Waals surface area contributed by atoms with Crippen molar-refractivity contribution in [3.05, 3.63) is 30.6 Å². The summed E-state index contributed by atoms with van der Waals surface area (Å²) in [5.74, 6) is 0. The van der Waals surface area contributed by atoms with E-state index in [1.807, 2.05) is 24.0 Å². The predicted molar refractivity (Wildman–Crippen MR) is 76.3 cm³/mol. The van der Waals surface area contributed by atoms with Gasteiger partial charge in [-0.25, -0.2) is 0 Å². The molecule has 1 aromatic rings. The lowest BCUT2D eigenvalue weighted by molar-refractivity contribution is -0.0447. The van der Waals surface area contributed by atoms with Crippen LogP contribution in [0, 0.1) is 0 Å². The second-order valence-corrected chi connectivity index (χ2v) is 5.63. The SMILES string of the molecule is C=CCOC1C2CCC1N(Cc1cnn(C)c1)CCO2. The summed E-state index contributed by atoms with van der Waals surface area (Å²) in [6, 6.07) is 0.447. The zero-order valence-electron chi connectivity index (χ0n) is 12.1. The molecule has 0 amide bonds. The lowest BCUT2D eigenvalue weighted by Gasteiger charge is -2.30. The van der Waals surface area contributed by atoms with Crippen molar-refractivity contribution < 1.29 is 9.47 Å². The summed E-state index contributed by atoms with van der Waals surface area (Å²) in [6.45, 7) is 7.01. The van der Waals surface area contributed by atoms with Crippen molar-refractivity contribution in [3.63, 3.8) is 0 Å². The molecule has 5 heteroatoms. The van der Waals surface area contributed by atoms with Gasteiger partial charge in [0.15, 0.2) is 0 Å². The molecule has 0 radical (unpaired) electrons. The van der Waals surface area contributed by atoms with Gasteiger partial charge in [-0.15, -0.1) is 6.58 Å². The molecule has 5 nitrogen and oxygen atoms in total. The molecule has 1 aromatic heterocycles. The maximum absolute atomic E-state index is 5.97. The molecule has 3 rings (SSSR count). The monoisotopic (exact) mass is 277 g/mol. The Hall–Kier alpha value is -1.17. The fourth-order valence-electron chi connectivity index (χ4n) is 3.35. The molecule has 1 aliphatic heterocycles. The lowest BCUT2D eigenvalue weighted by atomic mass is 10.1. The first-order valence-electron chi connectivity index (χ1n) is 7.33. The predicted octanol–water partition coefficient (Wildman–Crippen LogP) is 1.35. The van der Waals surface area contributed by atoms with Crippen LogP contribution in [0.25, 0.3) is 0 Å². The van der Waals surface area contributed by atoms with Gasteiger partial charge >= 0.3 is 0 Å². The number of aryl methyl sites for hydroxylation is 1. The minimum Gasteiger partial charge on any atom is -0.374 e. The number of nitrogens with zero attached hydrogens (tertiary/aromatic N) is 3. The number of hydrogen-bond acceptors (Lipinski definition) is 4. The summed E-state index contributed by atoms with van der Waals surface area (Å²) in [6.07, 6.45) is 8.50. The lowest BCUT2D eigenvalue weighted by Crippen LogP contribution is -2.42. The summed E-state index contributed by atoms with van der Waals surface area (Å²) < 4.78 is 13.8. The Morgan fingerprint density at radius 1 is 1.55 bits per heavy atom. The number of fused-ring (bicyclic) bond motifs is 2. The normalized spacial score (nSPS) is 30.4. The highest BCUT2D eigenvalue weighted by molar-refractivity contribution is 5.06. The Kier molecular flexibility index (Phi) is 4.19. The van der Waals surface area contributed by atoms with Gasteiger partial charge in [-0.3, -0.25) is 9.58 Å².